The molecule has 0 amide bonds. The van der Waals surface area contributed by atoms with Crippen molar-refractivity contribution < 1.29 is 9.84 Å². The molecule has 2 aromatic rings. The van der Waals surface area contributed by atoms with Gasteiger partial charge in [0, 0.05) is 43.6 Å². The van der Waals surface area contributed by atoms with Crippen molar-refractivity contribution >= 4 is 0 Å². The first-order valence-corrected chi connectivity index (χ1v) is 10.4. The van der Waals surface area contributed by atoms with Gasteiger partial charge in [-0.2, -0.15) is 0 Å². The minimum Gasteiger partial charge on any atom is -0.491 e. The van der Waals surface area contributed by atoms with Crippen molar-refractivity contribution in [1.29, 1.82) is 0 Å². The molecule has 1 saturated carbocycles. The van der Waals surface area contributed by atoms with Crippen LogP contribution in [0.15, 0.2) is 48.8 Å². The Kier molecular flexibility index (Phi) is 8.27. The van der Waals surface area contributed by atoms with Crippen LogP contribution in [0.3, 0.4) is 0 Å². The quantitative estimate of drug-likeness (QED) is 0.659. The number of rotatable bonds is 10. The van der Waals surface area contributed by atoms with E-state index in [9.17, 15) is 5.11 Å². The number of hydrogen-bond donors (Lipinski definition) is 2. The first-order valence-electron chi connectivity index (χ1n) is 10.4. The molecule has 1 heterocycles. The normalized spacial score (nSPS) is 16.2. The summed E-state index contributed by atoms with van der Waals surface area (Å²) in [5.74, 6) is 0.834. The van der Waals surface area contributed by atoms with E-state index in [0.29, 0.717) is 25.7 Å². The maximum atomic E-state index is 10.4. The molecular formula is C23H33N3O2. The third kappa shape index (κ3) is 6.59. The topological polar surface area (TPSA) is 57.6 Å². The summed E-state index contributed by atoms with van der Waals surface area (Å²) in [5, 5.41) is 13.9. The van der Waals surface area contributed by atoms with Gasteiger partial charge in [-0.05, 0) is 37.6 Å². The smallest absolute Gasteiger partial charge is 0.123 e. The third-order valence-corrected chi connectivity index (χ3v) is 5.47. The first kappa shape index (κ1) is 20.8. The van der Waals surface area contributed by atoms with Crippen molar-refractivity contribution in [1.82, 2.24) is 15.2 Å². The van der Waals surface area contributed by atoms with Crippen LogP contribution in [0, 0.1) is 0 Å². The van der Waals surface area contributed by atoms with Gasteiger partial charge in [-0.25, -0.2) is 0 Å². The van der Waals surface area contributed by atoms with Crippen LogP contribution < -0.4 is 10.1 Å². The highest BCUT2D eigenvalue weighted by Crippen LogP contribution is 2.22. The number of benzene rings is 1. The second-order valence-electron chi connectivity index (χ2n) is 7.77. The van der Waals surface area contributed by atoms with Gasteiger partial charge in [-0.15, -0.1) is 0 Å². The van der Waals surface area contributed by atoms with Crippen molar-refractivity contribution in [3.8, 4) is 5.75 Å². The fourth-order valence-electron chi connectivity index (χ4n) is 3.88. The second-order valence-corrected chi connectivity index (χ2v) is 7.77. The molecule has 1 aliphatic carbocycles. The van der Waals surface area contributed by atoms with Crippen LogP contribution in [0.4, 0.5) is 0 Å². The Morgan fingerprint density at radius 3 is 2.75 bits per heavy atom. The molecule has 3 rings (SSSR count). The molecule has 1 aromatic heterocycles. The van der Waals surface area contributed by atoms with Gasteiger partial charge in [-0.1, -0.05) is 43.5 Å². The summed E-state index contributed by atoms with van der Waals surface area (Å²) in [6.07, 6.45) is 9.62. The lowest BCUT2D eigenvalue weighted by Gasteiger charge is -2.32. The van der Waals surface area contributed by atoms with E-state index in [1.165, 1.54) is 32.1 Å². The van der Waals surface area contributed by atoms with Crippen molar-refractivity contribution in [3.05, 3.63) is 59.9 Å². The minimum atomic E-state index is -0.483. The fraction of sp³-hybridized carbons (Fsp3) is 0.522. The van der Waals surface area contributed by atoms with Gasteiger partial charge in [0.1, 0.15) is 18.5 Å². The lowest BCUT2D eigenvalue weighted by molar-refractivity contribution is 0.0558. The number of aromatic nitrogens is 1. The van der Waals surface area contributed by atoms with Crippen LogP contribution in [0.2, 0.25) is 0 Å². The zero-order valence-corrected chi connectivity index (χ0v) is 16.9. The molecule has 0 bridgehead atoms. The molecule has 0 aliphatic heterocycles. The van der Waals surface area contributed by atoms with Crippen molar-refractivity contribution in [3.63, 3.8) is 0 Å². The third-order valence-electron chi connectivity index (χ3n) is 5.47. The molecule has 5 heteroatoms. The van der Waals surface area contributed by atoms with E-state index in [1.54, 1.807) is 6.20 Å². The minimum absolute atomic E-state index is 0.316. The number of likely N-dealkylation sites (N-methyl/N-ethyl adjacent to an activating group) is 1. The van der Waals surface area contributed by atoms with Crippen LogP contribution in [0.25, 0.3) is 0 Å². The van der Waals surface area contributed by atoms with Crippen molar-refractivity contribution in [2.24, 2.45) is 0 Å². The predicted molar refractivity (Wildman–Crippen MR) is 112 cm³/mol. The molecule has 0 saturated heterocycles. The predicted octanol–water partition coefficient (Wildman–Crippen LogP) is 3.38. The summed E-state index contributed by atoms with van der Waals surface area (Å²) < 4.78 is 5.96. The van der Waals surface area contributed by atoms with Crippen LogP contribution in [0.1, 0.15) is 43.2 Å². The van der Waals surface area contributed by atoms with Gasteiger partial charge in [0.2, 0.25) is 0 Å². The Morgan fingerprint density at radius 2 is 1.96 bits per heavy atom. The molecule has 28 heavy (non-hydrogen) atoms. The number of pyridine rings is 1. The number of aliphatic hydroxyl groups excluding tert-OH is 1. The van der Waals surface area contributed by atoms with Gasteiger partial charge < -0.3 is 20.1 Å². The number of para-hydroxylation sites is 1. The van der Waals surface area contributed by atoms with Gasteiger partial charge in [0.15, 0.2) is 0 Å². The number of aliphatic hydroxyl groups is 1. The monoisotopic (exact) mass is 383 g/mol. The highest BCUT2D eigenvalue weighted by molar-refractivity contribution is 5.33. The summed E-state index contributed by atoms with van der Waals surface area (Å²) in [6.45, 7) is 2.45. The summed E-state index contributed by atoms with van der Waals surface area (Å²) in [7, 11) is 2.12. The molecule has 2 N–H and O–H groups in total. The lowest BCUT2D eigenvalue weighted by atomic mass is 9.94. The maximum absolute atomic E-state index is 10.4. The zero-order chi connectivity index (χ0) is 19.6. The van der Waals surface area contributed by atoms with Crippen LogP contribution in [-0.4, -0.2) is 47.3 Å². The largest absolute Gasteiger partial charge is 0.491 e. The van der Waals surface area contributed by atoms with Crippen LogP contribution in [0.5, 0.6) is 5.75 Å². The number of nitrogens with zero attached hydrogens (tertiary/aromatic N) is 2. The summed E-state index contributed by atoms with van der Waals surface area (Å²) in [4.78, 5) is 6.44. The van der Waals surface area contributed by atoms with E-state index in [0.717, 1.165) is 23.4 Å². The molecule has 1 aliphatic rings. The molecule has 0 radical (unpaired) electrons. The van der Waals surface area contributed by atoms with Crippen LogP contribution in [-0.2, 0) is 13.1 Å². The number of nitrogens with one attached hydrogen (secondary N) is 1. The Morgan fingerprint density at radius 1 is 1.14 bits per heavy atom. The van der Waals surface area contributed by atoms with Gasteiger partial charge >= 0.3 is 0 Å². The molecule has 1 fully saturated rings. The summed E-state index contributed by atoms with van der Waals surface area (Å²) >= 11 is 0. The standard InChI is InChI=1S/C23H33N3O2/c1-26(21-10-3-2-4-11-21)17-22(27)18-28-23-12-6-5-9-20(23)16-25-15-19-8-7-13-24-14-19/h5-9,12-14,21-22,25,27H,2-4,10-11,15-18H2,1H3. The maximum Gasteiger partial charge on any atom is 0.123 e. The average molecular weight is 384 g/mol. The van der Waals surface area contributed by atoms with Gasteiger partial charge in [0.25, 0.3) is 0 Å². The van der Waals surface area contributed by atoms with Crippen molar-refractivity contribution in [2.45, 2.75) is 57.3 Å². The van der Waals surface area contributed by atoms with E-state index in [4.69, 9.17) is 4.74 Å². The Bertz CT molecular complexity index is 689. The van der Waals surface area contributed by atoms with E-state index in [2.05, 4.69) is 34.4 Å². The molecule has 5 nitrogen and oxygen atoms in total. The van der Waals surface area contributed by atoms with Crippen molar-refractivity contribution in [2.75, 3.05) is 20.2 Å². The van der Waals surface area contributed by atoms with E-state index < -0.39 is 6.10 Å². The van der Waals surface area contributed by atoms with E-state index in [-0.39, 0.29) is 0 Å². The first-order chi connectivity index (χ1) is 13.7. The Labute approximate surface area is 168 Å². The molecule has 152 valence electrons. The van der Waals surface area contributed by atoms with E-state index >= 15 is 0 Å². The molecule has 1 aromatic carbocycles. The molecule has 0 spiro atoms. The highest BCUT2D eigenvalue weighted by atomic mass is 16.5. The van der Waals surface area contributed by atoms with Gasteiger partial charge in [-0.3, -0.25) is 4.98 Å². The fourth-order valence-corrected chi connectivity index (χ4v) is 3.88. The summed E-state index contributed by atoms with van der Waals surface area (Å²) in [5.41, 5.74) is 2.25. The highest BCUT2D eigenvalue weighted by Gasteiger charge is 2.20. The van der Waals surface area contributed by atoms with Gasteiger partial charge in [0.05, 0.1) is 0 Å². The average Bonchev–Trinajstić information content (AvgIpc) is 2.74. The van der Waals surface area contributed by atoms with E-state index in [1.807, 2.05) is 30.5 Å². The second kappa shape index (κ2) is 11.1. The molecule has 1 unspecified atom stereocenters. The number of ether oxygens (including phenoxy) is 1. The number of hydrogen-bond acceptors (Lipinski definition) is 5. The zero-order valence-electron chi connectivity index (χ0n) is 16.9. The SMILES string of the molecule is CN(CC(O)COc1ccccc1CNCc1cccnc1)C1CCCCC1. The molecule has 1 atom stereocenters. The lowest BCUT2D eigenvalue weighted by Crippen LogP contribution is -2.40. The molecular weight excluding hydrogens is 350 g/mol. The van der Waals surface area contributed by atoms with Crippen LogP contribution >= 0.6 is 0 Å². The Balaban J connectivity index is 1.44. The summed E-state index contributed by atoms with van der Waals surface area (Å²) in [6, 6.07) is 12.6. The Hall–Kier alpha value is -1.95.